The topological polar surface area (TPSA) is 120 Å². The number of anilines is 1. The van der Waals surface area contributed by atoms with Crippen molar-refractivity contribution in [3.8, 4) is 11.5 Å². The van der Waals surface area contributed by atoms with E-state index in [1.807, 2.05) is 107 Å². The standard InChI is InChI=1S/C22H26BrNO2.C13H16BrNO3.C7H7NO/c1-4-6-7-18-14-19(23)15-20(22(18)26-12-5-2)24-21(25)13-17-10-8-16(3)9-11-17;1-3-5-6-10-8-11(14)9-12(15(16)17)13(10)18-7-4-2;1-6-2-4-7(8-9)5-3-6/h4,6,8-11,14-15H,5,7,12-13H2,1-3H3,(H,24,25);3,5,8-9H,4,6-7H2,1-2H3;2-5H,1H3/b6-4+;5-3+;. The van der Waals surface area contributed by atoms with E-state index in [0.29, 0.717) is 47.7 Å². The number of halogens is 2. The lowest BCUT2D eigenvalue weighted by atomic mass is 10.1. The molecule has 0 aliphatic rings. The zero-order valence-corrected chi connectivity index (χ0v) is 34.5. The van der Waals surface area contributed by atoms with Gasteiger partial charge in [-0.15, -0.1) is 4.91 Å². The van der Waals surface area contributed by atoms with E-state index < -0.39 is 4.92 Å². The van der Waals surface area contributed by atoms with Gasteiger partial charge in [0.25, 0.3) is 0 Å². The number of benzene rings is 4. The van der Waals surface area contributed by atoms with Crippen molar-refractivity contribution >= 4 is 54.8 Å². The van der Waals surface area contributed by atoms with Crippen LogP contribution >= 0.6 is 31.9 Å². The number of aryl methyl sites for hydroxylation is 2. The molecule has 0 aliphatic carbocycles. The van der Waals surface area contributed by atoms with Gasteiger partial charge in [0.1, 0.15) is 11.4 Å². The lowest BCUT2D eigenvalue weighted by molar-refractivity contribution is -0.386. The normalized spacial score (nSPS) is 10.6. The van der Waals surface area contributed by atoms with Crippen LogP contribution in [0.5, 0.6) is 11.5 Å². The molecule has 0 bridgehead atoms. The number of hydrogen-bond donors (Lipinski definition) is 1. The van der Waals surface area contributed by atoms with E-state index in [1.165, 1.54) is 11.6 Å². The minimum Gasteiger partial charge on any atom is -0.491 e. The fourth-order valence-electron chi connectivity index (χ4n) is 4.74. The smallest absolute Gasteiger partial charge is 0.312 e. The lowest BCUT2D eigenvalue weighted by Crippen LogP contribution is -2.16. The molecule has 11 heteroatoms. The molecule has 282 valence electrons. The third kappa shape index (κ3) is 16.3. The van der Waals surface area contributed by atoms with Crippen molar-refractivity contribution in [3.05, 3.63) is 149 Å². The molecule has 0 atom stereocenters. The van der Waals surface area contributed by atoms with Crippen molar-refractivity contribution in [2.24, 2.45) is 5.18 Å². The van der Waals surface area contributed by atoms with Crippen molar-refractivity contribution < 1.29 is 19.2 Å². The fraction of sp³-hybridized carbons (Fsp3) is 0.310. The first-order valence-electron chi connectivity index (χ1n) is 17.5. The van der Waals surface area contributed by atoms with E-state index in [4.69, 9.17) is 9.47 Å². The second kappa shape index (κ2) is 24.6. The van der Waals surface area contributed by atoms with Gasteiger partial charge in [-0.2, -0.15) is 0 Å². The van der Waals surface area contributed by atoms with Crippen LogP contribution in [0.1, 0.15) is 68.4 Å². The molecule has 0 spiro atoms. The van der Waals surface area contributed by atoms with Crippen LogP contribution in [-0.2, 0) is 24.1 Å². The van der Waals surface area contributed by atoms with Crippen LogP contribution in [0.25, 0.3) is 0 Å². The van der Waals surface area contributed by atoms with E-state index >= 15 is 0 Å². The molecule has 4 aromatic rings. The number of carbonyl (C=O) groups excluding carboxylic acids is 1. The van der Waals surface area contributed by atoms with Crippen LogP contribution in [0.15, 0.2) is 111 Å². The van der Waals surface area contributed by atoms with Crippen LogP contribution in [0.4, 0.5) is 17.1 Å². The number of amides is 1. The van der Waals surface area contributed by atoms with Gasteiger partial charge >= 0.3 is 5.69 Å². The summed E-state index contributed by atoms with van der Waals surface area (Å²) in [5, 5.41) is 16.8. The second-order valence-electron chi connectivity index (χ2n) is 12.0. The molecule has 53 heavy (non-hydrogen) atoms. The zero-order chi connectivity index (χ0) is 39.2. The summed E-state index contributed by atoms with van der Waals surface area (Å²) >= 11 is 6.83. The Morgan fingerprint density at radius 1 is 0.792 bits per heavy atom. The van der Waals surface area contributed by atoms with Gasteiger partial charge in [0.2, 0.25) is 11.7 Å². The van der Waals surface area contributed by atoms with Gasteiger partial charge < -0.3 is 14.8 Å². The summed E-state index contributed by atoms with van der Waals surface area (Å²) in [6.07, 6.45) is 11.4. The molecule has 1 amide bonds. The Bertz CT molecular complexity index is 1820. The maximum atomic E-state index is 12.5. The number of ether oxygens (including phenoxy) is 2. The summed E-state index contributed by atoms with van der Waals surface area (Å²) < 4.78 is 13.1. The molecule has 4 rings (SSSR count). The maximum Gasteiger partial charge on any atom is 0.312 e. The summed E-state index contributed by atoms with van der Waals surface area (Å²) in [7, 11) is 0. The van der Waals surface area contributed by atoms with Gasteiger partial charge in [-0.1, -0.05) is 118 Å². The fourth-order valence-corrected chi connectivity index (χ4v) is 5.74. The van der Waals surface area contributed by atoms with Gasteiger partial charge in [-0.05, 0) is 94.5 Å². The highest BCUT2D eigenvalue weighted by atomic mass is 79.9. The third-order valence-electron chi connectivity index (χ3n) is 7.39. The highest BCUT2D eigenvalue weighted by molar-refractivity contribution is 9.10. The summed E-state index contributed by atoms with van der Waals surface area (Å²) in [5.41, 5.74) is 6.40. The molecule has 9 nitrogen and oxygen atoms in total. The Hall–Kier alpha value is -4.61. The van der Waals surface area contributed by atoms with Crippen molar-refractivity contribution in [2.75, 3.05) is 18.5 Å². The minimum atomic E-state index is -0.408. The number of nitrogens with zero attached hydrogens (tertiary/aromatic N) is 2. The van der Waals surface area contributed by atoms with Crippen molar-refractivity contribution in [1.82, 2.24) is 0 Å². The summed E-state index contributed by atoms with van der Waals surface area (Å²) in [6.45, 7) is 13.0. The number of hydrogen-bond acceptors (Lipinski definition) is 7. The molecule has 0 fully saturated rings. The Labute approximate surface area is 330 Å². The maximum absolute atomic E-state index is 12.5. The Kier molecular flexibility index (Phi) is 20.7. The molecule has 0 radical (unpaired) electrons. The molecule has 4 aromatic carbocycles. The number of nitroso groups, excluding NO2 is 1. The average Bonchev–Trinajstić information content (AvgIpc) is 3.13. The Balaban J connectivity index is 0.000000309. The second-order valence-corrected chi connectivity index (χ2v) is 13.8. The number of carbonyl (C=O) groups is 1. The molecule has 0 saturated heterocycles. The molecule has 0 aromatic heterocycles. The number of nitrogens with one attached hydrogen (secondary N) is 1. The SMILES string of the molecule is C/C=C/Cc1cc(Br)cc(NC(=O)Cc2ccc(C)cc2)c1OCCC.C/C=C/Cc1cc(Br)cc([N+](=O)[O-])c1OCCC.Cc1ccc(N=O)cc1. The van der Waals surface area contributed by atoms with Crippen LogP contribution in [-0.4, -0.2) is 24.0 Å². The van der Waals surface area contributed by atoms with Crippen molar-refractivity contribution in [3.63, 3.8) is 0 Å². The average molecular weight is 852 g/mol. The van der Waals surface area contributed by atoms with Gasteiger partial charge in [-0.3, -0.25) is 14.9 Å². The minimum absolute atomic E-state index is 0.0114. The molecule has 0 heterocycles. The first kappa shape index (κ1) is 44.6. The first-order valence-corrected chi connectivity index (χ1v) is 19.1. The number of nitro benzene ring substituents is 1. The predicted octanol–water partition coefficient (Wildman–Crippen LogP) is 12.5. The molecule has 1 N–H and O–H groups in total. The number of nitro groups is 1. The summed E-state index contributed by atoms with van der Waals surface area (Å²) in [6, 6.07) is 22.4. The van der Waals surface area contributed by atoms with Gasteiger partial charge in [0, 0.05) is 26.1 Å². The highest BCUT2D eigenvalue weighted by Gasteiger charge is 2.20. The third-order valence-corrected chi connectivity index (χ3v) is 8.30. The summed E-state index contributed by atoms with van der Waals surface area (Å²) in [4.78, 5) is 33.0. The van der Waals surface area contributed by atoms with Crippen LogP contribution in [0.3, 0.4) is 0 Å². The van der Waals surface area contributed by atoms with E-state index in [1.54, 1.807) is 12.1 Å². The summed E-state index contributed by atoms with van der Waals surface area (Å²) in [5.74, 6) is 1.08. The Morgan fingerprint density at radius 3 is 1.77 bits per heavy atom. The number of allylic oxidation sites excluding steroid dienone is 4. The first-order chi connectivity index (χ1) is 25.4. The monoisotopic (exact) mass is 849 g/mol. The molecule has 0 unspecified atom stereocenters. The highest BCUT2D eigenvalue weighted by Crippen LogP contribution is 2.36. The quantitative estimate of drug-likeness (QED) is 0.0550. The predicted molar refractivity (Wildman–Crippen MR) is 224 cm³/mol. The lowest BCUT2D eigenvalue weighted by Gasteiger charge is -2.17. The van der Waals surface area contributed by atoms with Gasteiger partial charge in [0.15, 0.2) is 0 Å². The van der Waals surface area contributed by atoms with E-state index in [0.717, 1.165) is 51.7 Å². The molecular weight excluding hydrogens is 802 g/mol. The van der Waals surface area contributed by atoms with Crippen molar-refractivity contribution in [2.45, 2.75) is 73.6 Å². The molecule has 0 saturated carbocycles. The van der Waals surface area contributed by atoms with Crippen LogP contribution < -0.4 is 14.8 Å². The zero-order valence-electron chi connectivity index (χ0n) is 31.3. The van der Waals surface area contributed by atoms with E-state index in [2.05, 4.69) is 55.4 Å². The largest absolute Gasteiger partial charge is 0.491 e. The van der Waals surface area contributed by atoms with E-state index in [9.17, 15) is 19.8 Å². The van der Waals surface area contributed by atoms with Crippen molar-refractivity contribution in [1.29, 1.82) is 0 Å². The molecular formula is C42H49Br2N3O6. The van der Waals surface area contributed by atoms with Crippen LogP contribution in [0, 0.1) is 28.9 Å². The van der Waals surface area contributed by atoms with Gasteiger partial charge in [0.05, 0.1) is 30.2 Å². The van der Waals surface area contributed by atoms with Gasteiger partial charge in [-0.25, -0.2) is 0 Å². The molecule has 0 aliphatic heterocycles. The number of rotatable bonds is 15. The van der Waals surface area contributed by atoms with Crippen LogP contribution in [0.2, 0.25) is 0 Å². The Morgan fingerprint density at radius 2 is 1.28 bits per heavy atom. The van der Waals surface area contributed by atoms with E-state index in [-0.39, 0.29) is 11.6 Å².